The molecule has 1 aliphatic carbocycles. The van der Waals surface area contributed by atoms with Gasteiger partial charge in [0.05, 0.1) is 12.2 Å². The van der Waals surface area contributed by atoms with Crippen LogP contribution in [0.5, 0.6) is 0 Å². The van der Waals surface area contributed by atoms with Crippen molar-refractivity contribution < 1.29 is 4.39 Å². The third-order valence-corrected chi connectivity index (χ3v) is 5.98. The van der Waals surface area contributed by atoms with Crippen LogP contribution in [-0.2, 0) is 6.67 Å². The van der Waals surface area contributed by atoms with Crippen LogP contribution >= 0.6 is 12.2 Å². The summed E-state index contributed by atoms with van der Waals surface area (Å²) in [4.78, 5) is 9.08. The summed E-state index contributed by atoms with van der Waals surface area (Å²) in [7, 11) is 0. The molecular weight excluding hydrogens is 387 g/mol. The maximum atomic E-state index is 14.4. The van der Waals surface area contributed by atoms with Crippen LogP contribution in [0, 0.1) is 10.6 Å². The van der Waals surface area contributed by atoms with Crippen molar-refractivity contribution in [2.75, 3.05) is 31.1 Å². The van der Waals surface area contributed by atoms with Crippen LogP contribution < -0.4 is 4.90 Å². The Balaban J connectivity index is 1.35. The van der Waals surface area contributed by atoms with Crippen LogP contribution in [0.2, 0.25) is 0 Å². The van der Waals surface area contributed by atoms with Gasteiger partial charge in [-0.3, -0.25) is 9.47 Å². The number of nitrogens with zero attached hydrogens (tertiary/aromatic N) is 6. The quantitative estimate of drug-likeness (QED) is 0.600. The molecule has 3 heterocycles. The molecule has 1 saturated carbocycles. The first kappa shape index (κ1) is 18.4. The lowest BCUT2D eigenvalue weighted by atomic mass is 10.2. The summed E-state index contributed by atoms with van der Waals surface area (Å²) in [6.45, 7) is 4.26. The number of anilines is 1. The van der Waals surface area contributed by atoms with Gasteiger partial charge in [-0.05, 0) is 49.3 Å². The molecule has 2 aromatic heterocycles. The van der Waals surface area contributed by atoms with Gasteiger partial charge in [0.1, 0.15) is 11.6 Å². The fourth-order valence-corrected chi connectivity index (χ4v) is 4.18. The minimum absolute atomic E-state index is 0.259. The molecule has 0 amide bonds. The minimum Gasteiger partial charge on any atom is -0.354 e. The highest BCUT2D eigenvalue weighted by Crippen LogP contribution is 2.39. The molecule has 8 heteroatoms. The summed E-state index contributed by atoms with van der Waals surface area (Å²) < 4.78 is 19.0. The summed E-state index contributed by atoms with van der Waals surface area (Å²) >= 11 is 5.73. The normalized spacial score (nSPS) is 17.6. The Labute approximate surface area is 174 Å². The number of halogens is 1. The molecule has 3 aromatic rings. The van der Waals surface area contributed by atoms with Crippen molar-refractivity contribution >= 4 is 18.0 Å². The Bertz CT molecular complexity index is 1050. The van der Waals surface area contributed by atoms with Crippen molar-refractivity contribution in [1.82, 2.24) is 24.2 Å². The van der Waals surface area contributed by atoms with E-state index in [1.165, 1.54) is 6.07 Å². The zero-order valence-corrected chi connectivity index (χ0v) is 16.9. The SMILES string of the molecule is Fc1ccccc1-c1nn(CN2CCN(c3ccccn3)CC2)c(=S)n1C1CC1. The number of piperazine rings is 1. The number of benzene rings is 1. The smallest absolute Gasteiger partial charge is 0.199 e. The molecule has 1 saturated heterocycles. The van der Waals surface area contributed by atoms with E-state index in [1.54, 1.807) is 12.1 Å². The van der Waals surface area contributed by atoms with Gasteiger partial charge in [0.2, 0.25) is 0 Å². The fourth-order valence-electron chi connectivity index (χ4n) is 3.85. The van der Waals surface area contributed by atoms with Crippen LogP contribution in [0.25, 0.3) is 11.4 Å². The molecule has 0 radical (unpaired) electrons. The second kappa shape index (κ2) is 7.68. The van der Waals surface area contributed by atoms with Crippen molar-refractivity contribution in [3.8, 4) is 11.4 Å². The van der Waals surface area contributed by atoms with Crippen LogP contribution in [0.1, 0.15) is 18.9 Å². The van der Waals surface area contributed by atoms with Gasteiger partial charge >= 0.3 is 0 Å². The average Bonchev–Trinajstić information content (AvgIpc) is 3.54. The number of pyridine rings is 1. The van der Waals surface area contributed by atoms with E-state index < -0.39 is 0 Å². The topological polar surface area (TPSA) is 42.1 Å². The van der Waals surface area contributed by atoms with E-state index in [0.717, 1.165) is 44.8 Å². The lowest BCUT2D eigenvalue weighted by molar-refractivity contribution is 0.194. The van der Waals surface area contributed by atoms with Crippen molar-refractivity contribution in [1.29, 1.82) is 0 Å². The molecule has 0 N–H and O–H groups in total. The van der Waals surface area contributed by atoms with Crippen molar-refractivity contribution in [2.24, 2.45) is 0 Å². The molecule has 29 heavy (non-hydrogen) atoms. The highest BCUT2D eigenvalue weighted by Gasteiger charge is 2.30. The zero-order valence-electron chi connectivity index (χ0n) is 16.1. The zero-order chi connectivity index (χ0) is 19.8. The van der Waals surface area contributed by atoms with Crippen LogP contribution in [0.15, 0.2) is 48.7 Å². The van der Waals surface area contributed by atoms with E-state index in [0.29, 0.717) is 28.9 Å². The second-order valence-corrected chi connectivity index (χ2v) is 7.99. The minimum atomic E-state index is -0.259. The Kier molecular flexibility index (Phi) is 4.89. The lowest BCUT2D eigenvalue weighted by Crippen LogP contribution is -2.47. The third kappa shape index (κ3) is 3.70. The van der Waals surface area contributed by atoms with E-state index in [4.69, 9.17) is 17.3 Å². The summed E-state index contributed by atoms with van der Waals surface area (Å²) in [6, 6.07) is 13.1. The van der Waals surface area contributed by atoms with Crippen LogP contribution in [0.3, 0.4) is 0 Å². The molecule has 1 aromatic carbocycles. The van der Waals surface area contributed by atoms with Crippen molar-refractivity contribution in [2.45, 2.75) is 25.6 Å². The number of rotatable bonds is 5. The summed E-state index contributed by atoms with van der Waals surface area (Å²) in [6.07, 6.45) is 3.98. The van der Waals surface area contributed by atoms with E-state index >= 15 is 0 Å². The molecule has 5 rings (SSSR count). The Morgan fingerprint density at radius 3 is 2.45 bits per heavy atom. The first-order valence-corrected chi connectivity index (χ1v) is 10.4. The largest absolute Gasteiger partial charge is 0.354 e. The standard InChI is InChI=1S/C21H23FN6S/c22-18-6-2-1-5-17(18)20-24-27(21(29)28(20)16-8-9-16)15-25-11-13-26(14-12-25)19-7-3-4-10-23-19/h1-7,10,16H,8-9,11-15H2. The molecule has 0 bridgehead atoms. The summed E-state index contributed by atoms with van der Waals surface area (Å²) in [5.74, 6) is 1.40. The van der Waals surface area contributed by atoms with Crippen LogP contribution in [0.4, 0.5) is 10.2 Å². The monoisotopic (exact) mass is 410 g/mol. The number of hydrogen-bond acceptors (Lipinski definition) is 5. The maximum absolute atomic E-state index is 14.4. The molecule has 0 unspecified atom stereocenters. The van der Waals surface area contributed by atoms with Crippen LogP contribution in [-0.4, -0.2) is 50.4 Å². The molecule has 0 spiro atoms. The molecule has 2 aliphatic rings. The molecule has 0 atom stereocenters. The van der Waals surface area contributed by atoms with Gasteiger partial charge in [-0.25, -0.2) is 14.1 Å². The molecule has 2 fully saturated rings. The van der Waals surface area contributed by atoms with E-state index in [1.807, 2.05) is 39.7 Å². The summed E-state index contributed by atoms with van der Waals surface area (Å²) in [5.41, 5.74) is 0.518. The van der Waals surface area contributed by atoms with E-state index in [9.17, 15) is 4.39 Å². The van der Waals surface area contributed by atoms with Gasteiger partial charge in [-0.1, -0.05) is 18.2 Å². The molecule has 1 aliphatic heterocycles. The predicted octanol–water partition coefficient (Wildman–Crippen LogP) is 3.73. The van der Waals surface area contributed by atoms with Crippen molar-refractivity contribution in [3.63, 3.8) is 0 Å². The Morgan fingerprint density at radius 2 is 1.76 bits per heavy atom. The first-order valence-electron chi connectivity index (χ1n) is 10.0. The van der Waals surface area contributed by atoms with Gasteiger partial charge in [-0.2, -0.15) is 5.10 Å². The average molecular weight is 411 g/mol. The number of aromatic nitrogens is 4. The Hall–Kier alpha value is -2.58. The van der Waals surface area contributed by atoms with Gasteiger partial charge in [-0.15, -0.1) is 0 Å². The Morgan fingerprint density at radius 1 is 1.00 bits per heavy atom. The molecular formula is C21H23FN6S. The number of hydrogen-bond donors (Lipinski definition) is 0. The fraction of sp³-hybridized carbons (Fsp3) is 0.381. The first-order chi connectivity index (χ1) is 14.2. The maximum Gasteiger partial charge on any atom is 0.199 e. The second-order valence-electron chi connectivity index (χ2n) is 7.62. The summed E-state index contributed by atoms with van der Waals surface area (Å²) in [5, 5.41) is 4.74. The molecule has 6 nitrogen and oxygen atoms in total. The van der Waals surface area contributed by atoms with Gasteiger partial charge in [0, 0.05) is 38.4 Å². The van der Waals surface area contributed by atoms with Gasteiger partial charge < -0.3 is 4.90 Å². The molecule has 150 valence electrons. The van der Waals surface area contributed by atoms with E-state index in [2.05, 4.69) is 14.8 Å². The lowest BCUT2D eigenvalue weighted by Gasteiger charge is -2.35. The highest BCUT2D eigenvalue weighted by atomic mass is 32.1. The predicted molar refractivity (Wildman–Crippen MR) is 113 cm³/mol. The van der Waals surface area contributed by atoms with Gasteiger partial charge in [0.15, 0.2) is 10.6 Å². The third-order valence-electron chi connectivity index (χ3n) is 5.58. The van der Waals surface area contributed by atoms with E-state index in [-0.39, 0.29) is 5.82 Å². The van der Waals surface area contributed by atoms with Crippen molar-refractivity contribution in [3.05, 3.63) is 59.2 Å². The van der Waals surface area contributed by atoms with Gasteiger partial charge in [0.25, 0.3) is 0 Å². The highest BCUT2D eigenvalue weighted by molar-refractivity contribution is 7.71.